The number of halogens is 2. The van der Waals surface area contributed by atoms with Crippen molar-refractivity contribution < 1.29 is 4.39 Å². The SMILES string of the molecule is Cc1cc(-c2ccc(F)cc2Cl)c[nH]c1=O. The second-order valence-corrected chi connectivity index (χ2v) is 3.93. The molecule has 0 aliphatic heterocycles. The first-order chi connectivity index (χ1) is 7.58. The van der Waals surface area contributed by atoms with Crippen molar-refractivity contribution in [2.24, 2.45) is 0 Å². The van der Waals surface area contributed by atoms with E-state index in [-0.39, 0.29) is 11.4 Å². The van der Waals surface area contributed by atoms with E-state index in [0.29, 0.717) is 16.1 Å². The summed E-state index contributed by atoms with van der Waals surface area (Å²) in [5, 5.41) is 0.325. The number of hydrogen-bond donors (Lipinski definition) is 1. The Balaban J connectivity index is 2.59. The van der Waals surface area contributed by atoms with Crippen LogP contribution >= 0.6 is 11.6 Å². The third-order valence-electron chi connectivity index (χ3n) is 2.33. The van der Waals surface area contributed by atoms with Gasteiger partial charge in [0, 0.05) is 17.3 Å². The van der Waals surface area contributed by atoms with Crippen LogP contribution in [0.1, 0.15) is 5.56 Å². The minimum absolute atomic E-state index is 0.137. The van der Waals surface area contributed by atoms with Crippen LogP contribution in [0, 0.1) is 12.7 Å². The van der Waals surface area contributed by atoms with Gasteiger partial charge in [-0.15, -0.1) is 0 Å². The second kappa shape index (κ2) is 4.10. The predicted octanol–water partition coefficient (Wildman–Crippen LogP) is 3.14. The molecule has 0 spiro atoms. The molecular weight excluding hydrogens is 229 g/mol. The maximum Gasteiger partial charge on any atom is 0.250 e. The maximum atomic E-state index is 12.9. The van der Waals surface area contributed by atoms with E-state index in [1.54, 1.807) is 25.3 Å². The van der Waals surface area contributed by atoms with Gasteiger partial charge in [0.2, 0.25) is 0 Å². The van der Waals surface area contributed by atoms with E-state index < -0.39 is 0 Å². The van der Waals surface area contributed by atoms with E-state index in [4.69, 9.17) is 11.6 Å². The van der Waals surface area contributed by atoms with E-state index >= 15 is 0 Å². The number of hydrogen-bond acceptors (Lipinski definition) is 1. The monoisotopic (exact) mass is 237 g/mol. The van der Waals surface area contributed by atoms with Crippen LogP contribution in [0.3, 0.4) is 0 Å². The molecule has 0 saturated heterocycles. The third-order valence-corrected chi connectivity index (χ3v) is 2.64. The van der Waals surface area contributed by atoms with Crippen LogP contribution in [0.2, 0.25) is 5.02 Å². The Hall–Kier alpha value is -1.61. The number of aromatic amines is 1. The molecule has 0 aliphatic carbocycles. The van der Waals surface area contributed by atoms with E-state index in [2.05, 4.69) is 4.98 Å². The standard InChI is InChI=1S/C12H9ClFNO/c1-7-4-8(6-15-12(7)16)10-3-2-9(14)5-11(10)13/h2-6H,1H3,(H,15,16). The lowest BCUT2D eigenvalue weighted by Crippen LogP contribution is -2.07. The molecule has 1 heterocycles. The maximum absolute atomic E-state index is 12.9. The van der Waals surface area contributed by atoms with E-state index in [1.165, 1.54) is 12.1 Å². The summed E-state index contributed by atoms with van der Waals surface area (Å²) in [6, 6.07) is 5.89. The molecule has 0 bridgehead atoms. The molecule has 1 N–H and O–H groups in total. The highest BCUT2D eigenvalue weighted by atomic mass is 35.5. The molecule has 1 aromatic carbocycles. The van der Waals surface area contributed by atoms with Crippen molar-refractivity contribution in [3.8, 4) is 11.1 Å². The Labute approximate surface area is 96.7 Å². The molecule has 82 valence electrons. The topological polar surface area (TPSA) is 32.9 Å². The molecule has 0 saturated carbocycles. The number of aryl methyl sites for hydroxylation is 1. The molecule has 4 heteroatoms. The second-order valence-electron chi connectivity index (χ2n) is 3.52. The summed E-state index contributed by atoms with van der Waals surface area (Å²) in [7, 11) is 0. The third kappa shape index (κ3) is 1.99. The van der Waals surface area contributed by atoms with Crippen LogP contribution in [0.5, 0.6) is 0 Å². The summed E-state index contributed by atoms with van der Waals surface area (Å²) in [5.41, 5.74) is 1.92. The van der Waals surface area contributed by atoms with Crippen molar-refractivity contribution in [2.45, 2.75) is 6.92 Å². The lowest BCUT2D eigenvalue weighted by Gasteiger charge is -2.04. The Bertz CT molecular complexity index is 592. The van der Waals surface area contributed by atoms with Crippen molar-refractivity contribution in [1.29, 1.82) is 0 Å². The fraction of sp³-hybridized carbons (Fsp3) is 0.0833. The van der Waals surface area contributed by atoms with Crippen LogP contribution in [0.25, 0.3) is 11.1 Å². The summed E-state index contributed by atoms with van der Waals surface area (Å²) in [4.78, 5) is 13.8. The Morgan fingerprint density at radius 3 is 2.69 bits per heavy atom. The number of rotatable bonds is 1. The fourth-order valence-electron chi connectivity index (χ4n) is 1.48. The molecule has 2 aromatic rings. The average Bonchev–Trinajstić information content (AvgIpc) is 2.22. The molecule has 0 atom stereocenters. The van der Waals surface area contributed by atoms with Crippen LogP contribution < -0.4 is 5.56 Å². The van der Waals surface area contributed by atoms with Gasteiger partial charge in [0.1, 0.15) is 5.82 Å². The molecule has 2 nitrogen and oxygen atoms in total. The van der Waals surface area contributed by atoms with Crippen LogP contribution in [0.15, 0.2) is 35.3 Å². The van der Waals surface area contributed by atoms with Gasteiger partial charge < -0.3 is 4.98 Å². The predicted molar refractivity (Wildman–Crippen MR) is 62.2 cm³/mol. The first-order valence-electron chi connectivity index (χ1n) is 4.72. The highest BCUT2D eigenvalue weighted by Crippen LogP contribution is 2.27. The smallest absolute Gasteiger partial charge is 0.250 e. The Kier molecular flexibility index (Phi) is 2.79. The Morgan fingerprint density at radius 2 is 2.06 bits per heavy atom. The van der Waals surface area contributed by atoms with Crippen molar-refractivity contribution in [2.75, 3.05) is 0 Å². The van der Waals surface area contributed by atoms with Gasteiger partial charge in [-0.1, -0.05) is 11.6 Å². The number of pyridine rings is 1. The van der Waals surface area contributed by atoms with Crippen LogP contribution in [0.4, 0.5) is 4.39 Å². The summed E-state index contributed by atoms with van der Waals surface area (Å²) < 4.78 is 12.9. The molecule has 0 unspecified atom stereocenters. The van der Waals surface area contributed by atoms with Gasteiger partial charge in [-0.3, -0.25) is 4.79 Å². The summed E-state index contributed by atoms with van der Waals surface area (Å²) >= 11 is 5.92. The van der Waals surface area contributed by atoms with Gasteiger partial charge in [-0.25, -0.2) is 4.39 Å². The molecule has 1 aromatic heterocycles. The lowest BCUT2D eigenvalue weighted by atomic mass is 10.1. The lowest BCUT2D eigenvalue weighted by molar-refractivity contribution is 0.628. The van der Waals surface area contributed by atoms with Gasteiger partial charge in [0.05, 0.1) is 5.02 Å². The highest BCUT2D eigenvalue weighted by molar-refractivity contribution is 6.33. The van der Waals surface area contributed by atoms with Crippen LogP contribution in [-0.4, -0.2) is 4.98 Å². The molecule has 0 fully saturated rings. The zero-order valence-corrected chi connectivity index (χ0v) is 9.31. The molecule has 0 aliphatic rings. The average molecular weight is 238 g/mol. The number of nitrogens with one attached hydrogen (secondary N) is 1. The highest BCUT2D eigenvalue weighted by Gasteiger charge is 2.05. The van der Waals surface area contributed by atoms with Crippen molar-refractivity contribution in [1.82, 2.24) is 4.98 Å². The normalized spacial score (nSPS) is 10.4. The molecule has 0 radical (unpaired) electrons. The zero-order valence-electron chi connectivity index (χ0n) is 8.55. The van der Waals surface area contributed by atoms with Gasteiger partial charge in [-0.05, 0) is 36.8 Å². The first kappa shape index (κ1) is 10.9. The van der Waals surface area contributed by atoms with Crippen LogP contribution in [-0.2, 0) is 0 Å². The van der Waals surface area contributed by atoms with Crippen molar-refractivity contribution in [3.05, 3.63) is 57.2 Å². The van der Waals surface area contributed by atoms with E-state index in [9.17, 15) is 9.18 Å². The van der Waals surface area contributed by atoms with Gasteiger partial charge in [-0.2, -0.15) is 0 Å². The number of H-pyrrole nitrogens is 1. The summed E-state index contributed by atoms with van der Waals surface area (Å²) in [6.07, 6.45) is 1.56. The Morgan fingerprint density at radius 1 is 1.31 bits per heavy atom. The largest absolute Gasteiger partial charge is 0.328 e. The first-order valence-corrected chi connectivity index (χ1v) is 5.10. The van der Waals surface area contributed by atoms with E-state index in [1.807, 2.05) is 0 Å². The van der Waals surface area contributed by atoms with Gasteiger partial charge >= 0.3 is 0 Å². The van der Waals surface area contributed by atoms with Crippen molar-refractivity contribution in [3.63, 3.8) is 0 Å². The fourth-order valence-corrected chi connectivity index (χ4v) is 1.75. The number of benzene rings is 1. The summed E-state index contributed by atoms with van der Waals surface area (Å²) in [5.74, 6) is -0.380. The minimum atomic E-state index is -0.380. The number of aromatic nitrogens is 1. The molecule has 0 amide bonds. The molecule has 16 heavy (non-hydrogen) atoms. The zero-order chi connectivity index (χ0) is 11.7. The van der Waals surface area contributed by atoms with Crippen molar-refractivity contribution >= 4 is 11.6 Å². The minimum Gasteiger partial charge on any atom is -0.328 e. The summed E-state index contributed by atoms with van der Waals surface area (Å²) in [6.45, 7) is 1.71. The molecular formula is C12H9ClFNO. The van der Waals surface area contributed by atoms with E-state index in [0.717, 1.165) is 5.56 Å². The molecule has 2 rings (SSSR count). The van der Waals surface area contributed by atoms with Gasteiger partial charge in [0.25, 0.3) is 5.56 Å². The quantitative estimate of drug-likeness (QED) is 0.812. The van der Waals surface area contributed by atoms with Gasteiger partial charge in [0.15, 0.2) is 0 Å².